The zero-order valence-electron chi connectivity index (χ0n) is 12.8. The number of rotatable bonds is 6. The van der Waals surface area contributed by atoms with Crippen molar-refractivity contribution in [3.05, 3.63) is 36.2 Å². The molecule has 0 saturated carbocycles. The zero-order valence-corrected chi connectivity index (χ0v) is 12.8. The summed E-state index contributed by atoms with van der Waals surface area (Å²) < 4.78 is 53.5. The van der Waals surface area contributed by atoms with Gasteiger partial charge in [0.25, 0.3) is 0 Å². The van der Waals surface area contributed by atoms with E-state index in [-0.39, 0.29) is 25.9 Å². The molecule has 1 aliphatic rings. The van der Waals surface area contributed by atoms with E-state index in [1.165, 1.54) is 0 Å². The number of alkyl halides is 3. The van der Waals surface area contributed by atoms with Gasteiger partial charge in [-0.05, 0) is 18.2 Å². The van der Waals surface area contributed by atoms with Gasteiger partial charge in [-0.25, -0.2) is 9.97 Å². The molecule has 0 saturated heterocycles. The molecule has 0 radical (unpaired) electrons. The molecule has 0 fully saturated rings. The number of aliphatic hydroxyl groups is 1. The molecule has 1 aromatic heterocycles. The molecule has 0 spiro atoms. The first kappa shape index (κ1) is 17.1. The van der Waals surface area contributed by atoms with Crippen LogP contribution in [0.3, 0.4) is 0 Å². The molecule has 0 amide bonds. The summed E-state index contributed by atoms with van der Waals surface area (Å²) in [6, 6.07) is 5.73. The fraction of sp³-hybridized carbons (Fsp3) is 0.333. The van der Waals surface area contributed by atoms with Crippen molar-refractivity contribution in [2.75, 3.05) is 25.3 Å². The fourth-order valence-electron chi connectivity index (χ4n) is 2.03. The van der Waals surface area contributed by atoms with E-state index in [9.17, 15) is 18.3 Å². The molecular formula is C15H14F3N3O4. The Bertz CT molecular complexity index is 742. The molecule has 1 atom stereocenters. The number of ether oxygens (including phenoxy) is 3. The topological polar surface area (TPSA) is 85.7 Å². The highest BCUT2D eigenvalue weighted by molar-refractivity contribution is 5.46. The van der Waals surface area contributed by atoms with Crippen molar-refractivity contribution >= 4 is 5.95 Å². The Kier molecular flexibility index (Phi) is 4.79. The van der Waals surface area contributed by atoms with Gasteiger partial charge >= 0.3 is 6.18 Å². The lowest BCUT2D eigenvalue weighted by atomic mass is 10.3. The van der Waals surface area contributed by atoms with Gasteiger partial charge in [0, 0.05) is 18.8 Å². The van der Waals surface area contributed by atoms with Gasteiger partial charge in [-0.2, -0.15) is 13.2 Å². The second-order valence-electron chi connectivity index (χ2n) is 5.12. The minimum atomic E-state index is -4.56. The molecule has 0 unspecified atom stereocenters. The van der Waals surface area contributed by atoms with Crippen molar-refractivity contribution in [3.63, 3.8) is 0 Å². The van der Waals surface area contributed by atoms with Crippen LogP contribution in [0.4, 0.5) is 19.1 Å². The predicted molar refractivity (Wildman–Crippen MR) is 79.6 cm³/mol. The molecule has 25 heavy (non-hydrogen) atoms. The molecule has 3 rings (SSSR count). The van der Waals surface area contributed by atoms with Gasteiger partial charge in [0.15, 0.2) is 11.5 Å². The van der Waals surface area contributed by atoms with E-state index in [4.69, 9.17) is 14.2 Å². The smallest absolute Gasteiger partial charge is 0.433 e. The van der Waals surface area contributed by atoms with Crippen LogP contribution in [0.25, 0.3) is 0 Å². The van der Waals surface area contributed by atoms with Gasteiger partial charge in [0.2, 0.25) is 12.7 Å². The SMILES string of the molecule is O[C@@H](CNc1nccc(C(F)(F)F)n1)COc1ccc2c(c1)OCO2. The Balaban J connectivity index is 1.49. The number of aromatic nitrogens is 2. The highest BCUT2D eigenvalue weighted by Gasteiger charge is 2.32. The van der Waals surface area contributed by atoms with Gasteiger partial charge in [-0.1, -0.05) is 0 Å². The summed E-state index contributed by atoms with van der Waals surface area (Å²) in [5.74, 6) is 1.40. The number of hydrogen-bond acceptors (Lipinski definition) is 7. The lowest BCUT2D eigenvalue weighted by Crippen LogP contribution is -2.27. The van der Waals surface area contributed by atoms with Crippen molar-refractivity contribution in [1.82, 2.24) is 9.97 Å². The molecule has 10 heteroatoms. The third kappa shape index (κ3) is 4.41. The second-order valence-corrected chi connectivity index (χ2v) is 5.12. The Morgan fingerprint density at radius 3 is 2.84 bits per heavy atom. The van der Waals surface area contributed by atoms with E-state index in [1.54, 1.807) is 18.2 Å². The maximum absolute atomic E-state index is 12.6. The third-order valence-corrected chi connectivity index (χ3v) is 3.23. The van der Waals surface area contributed by atoms with E-state index in [0.717, 1.165) is 12.3 Å². The molecular weight excluding hydrogens is 343 g/mol. The van der Waals surface area contributed by atoms with Crippen molar-refractivity contribution in [2.45, 2.75) is 12.3 Å². The van der Waals surface area contributed by atoms with Gasteiger partial charge in [-0.15, -0.1) is 0 Å². The van der Waals surface area contributed by atoms with Crippen LogP contribution in [-0.2, 0) is 6.18 Å². The second kappa shape index (κ2) is 7.01. The maximum Gasteiger partial charge on any atom is 0.433 e. The van der Waals surface area contributed by atoms with Gasteiger partial charge in [0.1, 0.15) is 24.2 Å². The normalized spacial score (nSPS) is 14.2. The predicted octanol–water partition coefficient (Wildman–Crippen LogP) is 2.08. The van der Waals surface area contributed by atoms with Gasteiger partial charge in [-0.3, -0.25) is 0 Å². The van der Waals surface area contributed by atoms with Gasteiger partial charge < -0.3 is 24.6 Å². The van der Waals surface area contributed by atoms with Crippen LogP contribution >= 0.6 is 0 Å². The third-order valence-electron chi connectivity index (χ3n) is 3.23. The van der Waals surface area contributed by atoms with Crippen molar-refractivity contribution in [2.24, 2.45) is 0 Å². The fourth-order valence-corrected chi connectivity index (χ4v) is 2.03. The van der Waals surface area contributed by atoms with Crippen LogP contribution in [0.2, 0.25) is 0 Å². The number of nitrogens with zero attached hydrogens (tertiary/aromatic N) is 2. The molecule has 2 N–H and O–H groups in total. The number of nitrogens with one attached hydrogen (secondary N) is 1. The van der Waals surface area contributed by atoms with Crippen LogP contribution in [0, 0.1) is 0 Å². The van der Waals surface area contributed by atoms with Crippen molar-refractivity contribution in [1.29, 1.82) is 0 Å². The van der Waals surface area contributed by atoms with E-state index < -0.39 is 18.0 Å². The number of anilines is 1. The number of hydrogen-bond donors (Lipinski definition) is 2. The largest absolute Gasteiger partial charge is 0.491 e. The quantitative estimate of drug-likeness (QED) is 0.819. The monoisotopic (exact) mass is 357 g/mol. The van der Waals surface area contributed by atoms with E-state index >= 15 is 0 Å². The Labute approximate surface area is 140 Å². The number of fused-ring (bicyclic) bond motifs is 1. The molecule has 7 nitrogen and oxygen atoms in total. The van der Waals surface area contributed by atoms with Crippen LogP contribution in [0.5, 0.6) is 17.2 Å². The molecule has 0 aliphatic carbocycles. The highest BCUT2D eigenvalue weighted by Crippen LogP contribution is 2.35. The van der Waals surface area contributed by atoms with E-state index in [1.807, 2.05) is 0 Å². The number of aliphatic hydroxyl groups excluding tert-OH is 1. The average Bonchev–Trinajstić information content (AvgIpc) is 3.05. The zero-order chi connectivity index (χ0) is 17.9. The summed E-state index contributed by atoms with van der Waals surface area (Å²) in [5.41, 5.74) is -1.06. The average molecular weight is 357 g/mol. The number of halogens is 3. The Morgan fingerprint density at radius 2 is 2.04 bits per heavy atom. The first-order valence-electron chi connectivity index (χ1n) is 7.26. The standard InChI is InChI=1S/C15H14F3N3O4/c16-15(17,18)13-3-4-19-14(21-13)20-6-9(22)7-23-10-1-2-11-12(5-10)25-8-24-11/h1-5,9,22H,6-8H2,(H,19,20,21)/t9-/m0/s1. The lowest BCUT2D eigenvalue weighted by Gasteiger charge is -2.14. The minimum Gasteiger partial charge on any atom is -0.491 e. The highest BCUT2D eigenvalue weighted by atomic mass is 19.4. The minimum absolute atomic E-state index is 0.0775. The van der Waals surface area contributed by atoms with Crippen LogP contribution < -0.4 is 19.5 Å². The Hall–Kier alpha value is -2.75. The van der Waals surface area contributed by atoms with Gasteiger partial charge in [0.05, 0.1) is 0 Å². The Morgan fingerprint density at radius 1 is 1.24 bits per heavy atom. The molecule has 1 aromatic carbocycles. The molecule has 0 bridgehead atoms. The van der Waals surface area contributed by atoms with Crippen molar-refractivity contribution < 1.29 is 32.5 Å². The summed E-state index contributed by atoms with van der Waals surface area (Å²) in [6.45, 7) is -0.0141. The molecule has 2 aromatic rings. The summed E-state index contributed by atoms with van der Waals surface area (Å²) in [7, 11) is 0. The summed E-state index contributed by atoms with van der Waals surface area (Å²) in [5, 5.41) is 12.4. The molecule has 134 valence electrons. The van der Waals surface area contributed by atoms with Crippen LogP contribution in [-0.4, -0.2) is 41.1 Å². The summed E-state index contributed by atoms with van der Waals surface area (Å²) in [4.78, 5) is 7.02. The first-order valence-corrected chi connectivity index (χ1v) is 7.26. The lowest BCUT2D eigenvalue weighted by molar-refractivity contribution is -0.141. The molecule has 1 aliphatic heterocycles. The summed E-state index contributed by atoms with van der Waals surface area (Å²) >= 11 is 0. The van der Waals surface area contributed by atoms with E-state index in [0.29, 0.717) is 17.2 Å². The first-order chi connectivity index (χ1) is 11.9. The molecule has 2 heterocycles. The van der Waals surface area contributed by atoms with Crippen LogP contribution in [0.15, 0.2) is 30.5 Å². The van der Waals surface area contributed by atoms with E-state index in [2.05, 4.69) is 15.3 Å². The maximum atomic E-state index is 12.6. The van der Waals surface area contributed by atoms with Crippen LogP contribution in [0.1, 0.15) is 5.69 Å². The number of benzene rings is 1. The van der Waals surface area contributed by atoms with Crippen molar-refractivity contribution in [3.8, 4) is 17.2 Å². The summed E-state index contributed by atoms with van der Waals surface area (Å²) in [6.07, 6.45) is -4.54.